The van der Waals surface area contributed by atoms with Crippen molar-refractivity contribution in [1.82, 2.24) is 0 Å². The van der Waals surface area contributed by atoms with E-state index in [9.17, 15) is 24.6 Å². The number of phenols is 2. The number of aliphatic carboxylic acids is 1. The first-order valence-electron chi connectivity index (χ1n) is 9.84. The normalized spacial score (nSPS) is 21.4. The molecule has 0 amide bonds. The van der Waals surface area contributed by atoms with Crippen LogP contribution in [0, 0.1) is 5.41 Å². The van der Waals surface area contributed by atoms with Crippen LogP contribution in [0.3, 0.4) is 0 Å². The van der Waals surface area contributed by atoms with Crippen LogP contribution in [0.25, 0.3) is 0 Å². The zero-order valence-corrected chi connectivity index (χ0v) is 17.0. The van der Waals surface area contributed by atoms with Gasteiger partial charge < -0.3 is 20.1 Å². The van der Waals surface area contributed by atoms with E-state index in [0.717, 1.165) is 0 Å². The highest BCUT2D eigenvalue weighted by Crippen LogP contribution is 2.49. The van der Waals surface area contributed by atoms with Crippen LogP contribution in [-0.2, 0) is 16.0 Å². The number of carboxylic acid groups (broad SMARTS) is 1. The molecule has 3 rings (SSSR count). The fraction of sp³-hybridized carbons (Fsp3) is 0.500. The third-order valence-electron chi connectivity index (χ3n) is 6.43. The molecule has 1 aliphatic carbocycles. The van der Waals surface area contributed by atoms with Gasteiger partial charge in [-0.2, -0.15) is 0 Å². The Morgan fingerprint density at radius 2 is 1.79 bits per heavy atom. The average Bonchev–Trinajstić information content (AvgIpc) is 2.65. The van der Waals surface area contributed by atoms with Crippen molar-refractivity contribution in [2.24, 2.45) is 5.41 Å². The molecule has 0 saturated carbocycles. The molecule has 2 atom stereocenters. The standard InChI is InChI=1S/C22H26O7/c1-5-22(4,6-2)13-9-14(23)17-18(20(13)27)21(28)16-10(3)29-11(8-15(24)25)7-12(16)19(17)26/h9-11,26,28H,5-8H2,1-4H3,(H,24,25). The third-order valence-corrected chi connectivity index (χ3v) is 6.43. The van der Waals surface area contributed by atoms with Crippen LogP contribution in [0.1, 0.15) is 84.9 Å². The van der Waals surface area contributed by atoms with E-state index in [-0.39, 0.29) is 46.6 Å². The number of carbonyl (C=O) groups excluding carboxylic acids is 2. The van der Waals surface area contributed by atoms with Crippen molar-refractivity contribution >= 4 is 17.5 Å². The number of carbonyl (C=O) groups is 3. The summed E-state index contributed by atoms with van der Waals surface area (Å²) in [6.45, 7) is 7.37. The van der Waals surface area contributed by atoms with E-state index in [1.54, 1.807) is 6.92 Å². The molecule has 0 radical (unpaired) electrons. The maximum Gasteiger partial charge on any atom is 0.305 e. The highest BCUT2D eigenvalue weighted by atomic mass is 16.5. The van der Waals surface area contributed by atoms with Crippen LogP contribution in [0.2, 0.25) is 0 Å². The second-order valence-electron chi connectivity index (χ2n) is 8.06. The second-order valence-corrected chi connectivity index (χ2v) is 8.06. The number of ether oxygens (including phenoxy) is 1. The predicted octanol–water partition coefficient (Wildman–Crippen LogP) is 3.71. The Labute approximate surface area is 169 Å². The number of hydrogen-bond acceptors (Lipinski definition) is 6. The van der Waals surface area contributed by atoms with Crippen molar-refractivity contribution in [3.05, 3.63) is 33.9 Å². The van der Waals surface area contributed by atoms with Gasteiger partial charge in [-0.1, -0.05) is 20.8 Å². The smallest absolute Gasteiger partial charge is 0.305 e. The van der Waals surface area contributed by atoms with Gasteiger partial charge in [-0.25, -0.2) is 0 Å². The summed E-state index contributed by atoms with van der Waals surface area (Å²) in [7, 11) is 0. The summed E-state index contributed by atoms with van der Waals surface area (Å²) in [5.41, 5.74) is -0.116. The number of ketones is 2. The minimum absolute atomic E-state index is 0.0261. The van der Waals surface area contributed by atoms with Crippen molar-refractivity contribution in [3.63, 3.8) is 0 Å². The Morgan fingerprint density at radius 1 is 1.17 bits per heavy atom. The van der Waals surface area contributed by atoms with Gasteiger partial charge in [-0.3, -0.25) is 14.4 Å². The van der Waals surface area contributed by atoms with Crippen LogP contribution in [0.4, 0.5) is 0 Å². The van der Waals surface area contributed by atoms with E-state index < -0.39 is 35.2 Å². The summed E-state index contributed by atoms with van der Waals surface area (Å²) in [6, 6.07) is 0. The Kier molecular flexibility index (Phi) is 5.30. The number of fused-ring (bicyclic) bond motifs is 2. The van der Waals surface area contributed by atoms with Crippen molar-refractivity contribution in [2.45, 2.75) is 65.6 Å². The molecule has 7 nitrogen and oxygen atoms in total. The number of phenolic OH excluding ortho intramolecular Hbond substituents is 2. The fourth-order valence-electron chi connectivity index (χ4n) is 4.33. The summed E-state index contributed by atoms with van der Waals surface area (Å²) in [6.07, 6.45) is 0.848. The van der Waals surface area contributed by atoms with Crippen LogP contribution in [0.5, 0.6) is 11.5 Å². The highest BCUT2D eigenvalue weighted by molar-refractivity contribution is 6.27. The van der Waals surface area contributed by atoms with Gasteiger partial charge in [0.1, 0.15) is 11.5 Å². The molecule has 29 heavy (non-hydrogen) atoms. The first-order valence-corrected chi connectivity index (χ1v) is 9.84. The molecule has 3 N–H and O–H groups in total. The quantitative estimate of drug-likeness (QED) is 0.642. The SMILES string of the molecule is CCC(C)(CC)C1=CC(=O)c2c(O)c3c(c(O)c2C1=O)C(C)OC(CC(=O)O)C3. The summed E-state index contributed by atoms with van der Waals surface area (Å²) in [5.74, 6) is -2.80. The Bertz CT molecular complexity index is 937. The molecule has 0 spiro atoms. The van der Waals surface area contributed by atoms with Crippen LogP contribution < -0.4 is 0 Å². The fourth-order valence-corrected chi connectivity index (χ4v) is 4.33. The van der Waals surface area contributed by atoms with Crippen LogP contribution in [0.15, 0.2) is 11.6 Å². The van der Waals surface area contributed by atoms with E-state index in [4.69, 9.17) is 9.84 Å². The second kappa shape index (κ2) is 7.30. The van der Waals surface area contributed by atoms with E-state index in [1.165, 1.54) is 6.08 Å². The van der Waals surface area contributed by atoms with Gasteiger partial charge in [0.15, 0.2) is 11.6 Å². The largest absolute Gasteiger partial charge is 0.507 e. The van der Waals surface area contributed by atoms with Gasteiger partial charge in [-0.15, -0.1) is 0 Å². The molecule has 0 fully saturated rings. The molecule has 2 unspecified atom stereocenters. The Hall–Kier alpha value is -2.67. The molecule has 2 aliphatic rings. The number of benzene rings is 1. The molecule has 7 heteroatoms. The molecular formula is C22H26O7. The van der Waals surface area contributed by atoms with E-state index in [1.807, 2.05) is 20.8 Å². The monoisotopic (exact) mass is 402 g/mol. The topological polar surface area (TPSA) is 121 Å². The molecule has 0 saturated heterocycles. The molecule has 156 valence electrons. The van der Waals surface area contributed by atoms with Crippen LogP contribution >= 0.6 is 0 Å². The number of carboxylic acids is 1. The van der Waals surface area contributed by atoms with E-state index >= 15 is 0 Å². The molecule has 0 bridgehead atoms. The number of rotatable bonds is 5. The first-order chi connectivity index (χ1) is 13.6. The van der Waals surface area contributed by atoms with Gasteiger partial charge in [0.2, 0.25) is 0 Å². The zero-order valence-electron chi connectivity index (χ0n) is 17.0. The molecule has 1 aliphatic heterocycles. The van der Waals surface area contributed by atoms with Crippen molar-refractivity contribution in [1.29, 1.82) is 0 Å². The van der Waals surface area contributed by atoms with Gasteiger partial charge in [-0.05, 0) is 31.3 Å². The summed E-state index contributed by atoms with van der Waals surface area (Å²) in [4.78, 5) is 37.2. The van der Waals surface area contributed by atoms with Crippen molar-refractivity contribution in [3.8, 4) is 11.5 Å². The molecule has 0 aromatic heterocycles. The lowest BCUT2D eigenvalue weighted by Gasteiger charge is -2.35. The lowest BCUT2D eigenvalue weighted by molar-refractivity contribution is -0.141. The third kappa shape index (κ3) is 3.23. The summed E-state index contributed by atoms with van der Waals surface area (Å²) >= 11 is 0. The van der Waals surface area contributed by atoms with Crippen LogP contribution in [-0.4, -0.2) is 39.0 Å². The minimum atomic E-state index is -1.05. The van der Waals surface area contributed by atoms with E-state index in [2.05, 4.69) is 0 Å². The lowest BCUT2D eigenvalue weighted by Crippen LogP contribution is -2.31. The minimum Gasteiger partial charge on any atom is -0.507 e. The molecule has 1 aromatic rings. The van der Waals surface area contributed by atoms with Gasteiger partial charge in [0.25, 0.3) is 0 Å². The van der Waals surface area contributed by atoms with Gasteiger partial charge in [0, 0.05) is 23.1 Å². The molecule has 1 aromatic carbocycles. The van der Waals surface area contributed by atoms with E-state index in [0.29, 0.717) is 18.4 Å². The number of aromatic hydroxyl groups is 2. The summed E-state index contributed by atoms with van der Waals surface area (Å²) in [5, 5.41) is 30.8. The maximum atomic E-state index is 13.3. The predicted molar refractivity (Wildman–Crippen MR) is 104 cm³/mol. The maximum absolute atomic E-state index is 13.3. The number of hydrogen-bond donors (Lipinski definition) is 3. The van der Waals surface area contributed by atoms with Gasteiger partial charge >= 0.3 is 5.97 Å². The highest BCUT2D eigenvalue weighted by Gasteiger charge is 2.42. The Morgan fingerprint density at radius 3 is 2.34 bits per heavy atom. The number of Topliss-reactive ketones (excluding diaryl/α,β-unsaturated/α-hetero) is 1. The number of allylic oxidation sites excluding steroid dienone is 2. The van der Waals surface area contributed by atoms with Gasteiger partial charge in [0.05, 0.1) is 29.8 Å². The lowest BCUT2D eigenvalue weighted by atomic mass is 9.70. The summed E-state index contributed by atoms with van der Waals surface area (Å²) < 4.78 is 5.69. The van der Waals surface area contributed by atoms with Crippen molar-refractivity contribution < 1.29 is 34.4 Å². The van der Waals surface area contributed by atoms with Crippen molar-refractivity contribution in [2.75, 3.05) is 0 Å². The Balaban J connectivity index is 2.20. The zero-order chi connectivity index (χ0) is 21.7. The molecular weight excluding hydrogens is 376 g/mol. The molecule has 1 heterocycles. The average molecular weight is 402 g/mol. The first kappa shape index (κ1) is 21.0.